The second kappa shape index (κ2) is 13.3. The van der Waals surface area contributed by atoms with Crippen LogP contribution in [0.4, 0.5) is 19.0 Å². The number of hydrogen-bond acceptors (Lipinski definition) is 6. The zero-order valence-electron chi connectivity index (χ0n) is 22.7. The first-order chi connectivity index (χ1) is 16.9. The highest BCUT2D eigenvalue weighted by Gasteiger charge is 2.33. The average Bonchev–Trinajstić information content (AvgIpc) is 3.42. The topological polar surface area (TPSA) is 81.2 Å². The molecule has 36 heavy (non-hydrogen) atoms. The van der Waals surface area contributed by atoms with Gasteiger partial charge in [0.1, 0.15) is 0 Å². The molecule has 2 fully saturated rings. The van der Waals surface area contributed by atoms with Gasteiger partial charge in [-0.05, 0) is 52.3 Å². The first-order valence-electron chi connectivity index (χ1n) is 13.0. The van der Waals surface area contributed by atoms with Crippen molar-refractivity contribution in [1.82, 2.24) is 25.0 Å². The number of anilines is 1. The lowest BCUT2D eigenvalue weighted by molar-refractivity contribution is -0.274. The molecule has 2 aromatic rings. The highest BCUT2D eigenvalue weighted by Crippen LogP contribution is 2.41. The molecule has 3 heterocycles. The van der Waals surface area contributed by atoms with Crippen LogP contribution in [0.5, 0.6) is 5.75 Å². The summed E-state index contributed by atoms with van der Waals surface area (Å²) in [4.78, 5) is 6.19. The smallest absolute Gasteiger partial charge is 0.402 e. The van der Waals surface area contributed by atoms with Crippen LogP contribution in [-0.2, 0) is 0 Å². The molecule has 0 bridgehead atoms. The molecule has 3 atom stereocenters. The first kappa shape index (κ1) is 29.9. The standard InChI is InChI=1S/C18H23F3N4O.C6H14N2.C2H6/c1-10(2)25-15(13-6-4-5-11(13)3)8-14(24-25)12-7-16(17(22)23-9-12)26-18(19,20)21;1-6-5-8(2)4-3-7-6;1-2/h7-11,13H,4-6H2,1-3H3,(H2,22,23);6-7H,3-5H2,1-2H3;1-2H3/t11?,13-;;/m1../s1. The Morgan fingerprint density at radius 3 is 2.36 bits per heavy atom. The molecule has 0 radical (unpaired) electrons. The maximum absolute atomic E-state index is 12.6. The van der Waals surface area contributed by atoms with Crippen molar-refractivity contribution in [2.24, 2.45) is 5.92 Å². The molecule has 204 valence electrons. The number of nitrogens with one attached hydrogen (secondary N) is 1. The van der Waals surface area contributed by atoms with E-state index in [0.29, 0.717) is 29.1 Å². The number of halogens is 3. The highest BCUT2D eigenvalue weighted by molar-refractivity contribution is 5.64. The van der Waals surface area contributed by atoms with Gasteiger partial charge in [-0.2, -0.15) is 5.10 Å². The maximum atomic E-state index is 12.6. The summed E-state index contributed by atoms with van der Waals surface area (Å²) in [7, 11) is 2.16. The Hall–Kier alpha value is -2.33. The summed E-state index contributed by atoms with van der Waals surface area (Å²) in [6.45, 7) is 16.1. The molecule has 4 rings (SSSR count). The zero-order valence-corrected chi connectivity index (χ0v) is 22.7. The molecule has 0 spiro atoms. The van der Waals surface area contributed by atoms with Crippen molar-refractivity contribution >= 4 is 5.82 Å². The summed E-state index contributed by atoms with van der Waals surface area (Å²) >= 11 is 0. The predicted molar refractivity (Wildman–Crippen MR) is 139 cm³/mol. The van der Waals surface area contributed by atoms with Gasteiger partial charge in [0, 0.05) is 55.1 Å². The second-order valence-corrected chi connectivity index (χ2v) is 9.78. The summed E-state index contributed by atoms with van der Waals surface area (Å²) in [5.74, 6) is 0.154. The number of likely N-dealkylation sites (N-methyl/N-ethyl adjacent to an activating group) is 1. The SMILES string of the molecule is CC.CC1CCC[C@H]1c1cc(-c2cnc(N)c(OC(F)(F)F)c2)nn1C(C)C.CC1CN(C)CCN1. The van der Waals surface area contributed by atoms with Crippen LogP contribution in [0.2, 0.25) is 0 Å². The van der Waals surface area contributed by atoms with E-state index < -0.39 is 12.1 Å². The summed E-state index contributed by atoms with van der Waals surface area (Å²) in [5, 5.41) is 8.00. The van der Waals surface area contributed by atoms with Gasteiger partial charge in [0.05, 0.1) is 5.69 Å². The van der Waals surface area contributed by atoms with E-state index in [0.717, 1.165) is 18.7 Å². The van der Waals surface area contributed by atoms with Crippen LogP contribution in [0.3, 0.4) is 0 Å². The van der Waals surface area contributed by atoms with Crippen molar-refractivity contribution in [1.29, 1.82) is 0 Å². The number of rotatable bonds is 4. The van der Waals surface area contributed by atoms with Crippen LogP contribution >= 0.6 is 0 Å². The molecule has 2 aromatic heterocycles. The molecule has 1 saturated carbocycles. The highest BCUT2D eigenvalue weighted by atomic mass is 19.4. The van der Waals surface area contributed by atoms with Crippen molar-refractivity contribution in [3.63, 3.8) is 0 Å². The largest absolute Gasteiger partial charge is 0.573 e. The van der Waals surface area contributed by atoms with Gasteiger partial charge in [0.15, 0.2) is 11.6 Å². The molecular formula is C26H43F3N6O. The van der Waals surface area contributed by atoms with E-state index >= 15 is 0 Å². The molecule has 1 aliphatic carbocycles. The fourth-order valence-corrected chi connectivity index (χ4v) is 4.75. The quantitative estimate of drug-likeness (QED) is 0.535. The number of nitrogens with zero attached hydrogens (tertiary/aromatic N) is 4. The van der Waals surface area contributed by atoms with E-state index in [4.69, 9.17) is 5.73 Å². The molecule has 3 N–H and O–H groups in total. The predicted octanol–water partition coefficient (Wildman–Crippen LogP) is 5.85. The lowest BCUT2D eigenvalue weighted by Crippen LogP contribution is -2.47. The van der Waals surface area contributed by atoms with E-state index in [2.05, 4.69) is 45.9 Å². The molecule has 10 heteroatoms. The van der Waals surface area contributed by atoms with Gasteiger partial charge in [-0.1, -0.05) is 33.6 Å². The number of nitrogens with two attached hydrogens (primary N) is 1. The van der Waals surface area contributed by atoms with E-state index in [1.54, 1.807) is 0 Å². The van der Waals surface area contributed by atoms with Crippen molar-refractivity contribution in [2.75, 3.05) is 32.4 Å². The molecular weight excluding hydrogens is 469 g/mol. The third-order valence-corrected chi connectivity index (χ3v) is 6.47. The van der Waals surface area contributed by atoms with Gasteiger partial charge in [0.25, 0.3) is 0 Å². The maximum Gasteiger partial charge on any atom is 0.573 e. The minimum atomic E-state index is -4.82. The van der Waals surface area contributed by atoms with E-state index in [-0.39, 0.29) is 11.9 Å². The summed E-state index contributed by atoms with van der Waals surface area (Å²) in [6.07, 6.45) is 0.0543. The van der Waals surface area contributed by atoms with Gasteiger partial charge >= 0.3 is 6.36 Å². The molecule has 1 saturated heterocycles. The van der Waals surface area contributed by atoms with E-state index in [9.17, 15) is 13.2 Å². The number of piperazine rings is 1. The molecule has 0 aromatic carbocycles. The van der Waals surface area contributed by atoms with Crippen LogP contribution in [0.15, 0.2) is 18.3 Å². The van der Waals surface area contributed by atoms with Gasteiger partial charge in [0.2, 0.25) is 0 Å². The summed E-state index contributed by atoms with van der Waals surface area (Å²) in [5.41, 5.74) is 7.66. The molecule has 2 unspecified atom stereocenters. The molecule has 0 amide bonds. The number of pyridine rings is 1. The normalized spacial score (nSPS) is 22.5. The first-order valence-corrected chi connectivity index (χ1v) is 13.0. The third-order valence-electron chi connectivity index (χ3n) is 6.47. The van der Waals surface area contributed by atoms with Crippen LogP contribution < -0.4 is 15.8 Å². The van der Waals surface area contributed by atoms with Crippen molar-refractivity contribution < 1.29 is 17.9 Å². The van der Waals surface area contributed by atoms with Crippen LogP contribution in [0.25, 0.3) is 11.3 Å². The van der Waals surface area contributed by atoms with Crippen LogP contribution in [0.1, 0.15) is 78.5 Å². The Labute approximate surface area is 213 Å². The number of hydrogen-bond donors (Lipinski definition) is 2. The van der Waals surface area contributed by atoms with Crippen LogP contribution in [0, 0.1) is 5.92 Å². The number of ether oxygens (including phenoxy) is 1. The summed E-state index contributed by atoms with van der Waals surface area (Å²) < 4.78 is 43.6. The van der Waals surface area contributed by atoms with Gasteiger partial charge < -0.3 is 20.7 Å². The van der Waals surface area contributed by atoms with Gasteiger partial charge in [-0.25, -0.2) is 4.98 Å². The van der Waals surface area contributed by atoms with Crippen LogP contribution in [-0.4, -0.2) is 58.8 Å². The van der Waals surface area contributed by atoms with Crippen molar-refractivity contribution in [2.45, 2.75) is 85.2 Å². The Morgan fingerprint density at radius 2 is 1.86 bits per heavy atom. The molecule has 7 nitrogen and oxygen atoms in total. The van der Waals surface area contributed by atoms with E-state index in [1.165, 1.54) is 38.2 Å². The number of aromatic nitrogens is 3. The Morgan fingerprint density at radius 1 is 1.17 bits per heavy atom. The minimum absolute atomic E-state index is 0.152. The average molecular weight is 513 g/mol. The second-order valence-electron chi connectivity index (χ2n) is 9.78. The lowest BCUT2D eigenvalue weighted by Gasteiger charge is -2.28. The molecule has 2 aliphatic rings. The van der Waals surface area contributed by atoms with E-state index in [1.807, 2.05) is 38.4 Å². The molecule has 1 aliphatic heterocycles. The Bertz CT molecular complexity index is 938. The fourth-order valence-electron chi connectivity index (χ4n) is 4.75. The Balaban J connectivity index is 0.000000384. The third kappa shape index (κ3) is 8.37. The monoisotopic (exact) mass is 512 g/mol. The zero-order chi connectivity index (χ0) is 27.0. The Kier molecular flexibility index (Phi) is 11.0. The fraction of sp³-hybridized carbons (Fsp3) is 0.692. The summed E-state index contributed by atoms with van der Waals surface area (Å²) in [6, 6.07) is 4.04. The van der Waals surface area contributed by atoms with Gasteiger partial charge in [-0.15, -0.1) is 13.2 Å². The van der Waals surface area contributed by atoms with Crippen molar-refractivity contribution in [3.8, 4) is 17.0 Å². The van der Waals surface area contributed by atoms with Crippen molar-refractivity contribution in [3.05, 3.63) is 24.0 Å². The minimum Gasteiger partial charge on any atom is -0.402 e. The lowest BCUT2D eigenvalue weighted by atomic mass is 9.94. The number of nitrogen functional groups attached to an aromatic ring is 1. The number of alkyl halides is 3. The van der Waals surface area contributed by atoms with Gasteiger partial charge in [-0.3, -0.25) is 4.68 Å².